The fourth-order valence-corrected chi connectivity index (χ4v) is 1.92. The molecule has 0 aliphatic heterocycles. The molecule has 0 saturated heterocycles. The van der Waals surface area contributed by atoms with E-state index in [1.165, 1.54) is 25.4 Å². The molecular formula is C6H15ClN2O2S. The zero-order valence-electron chi connectivity index (χ0n) is 7.78. The van der Waals surface area contributed by atoms with Crippen molar-refractivity contribution in [1.82, 2.24) is 8.61 Å². The number of hydrogen-bond acceptors (Lipinski definition) is 2. The summed E-state index contributed by atoms with van der Waals surface area (Å²) in [5, 5.41) is 0. The van der Waals surface area contributed by atoms with Crippen molar-refractivity contribution in [1.29, 1.82) is 0 Å². The van der Waals surface area contributed by atoms with Crippen LogP contribution in [0.3, 0.4) is 0 Å². The minimum absolute atomic E-state index is 0.181. The predicted octanol–water partition coefficient (Wildman–Crippen LogP) is 0.352. The van der Waals surface area contributed by atoms with Crippen LogP contribution in [0.2, 0.25) is 0 Å². The number of rotatable bonds is 4. The Morgan fingerprint density at radius 2 is 1.75 bits per heavy atom. The SMILES string of the molecule is CC(CCl)N(C)S(=O)(=O)N(C)C. The van der Waals surface area contributed by atoms with E-state index in [4.69, 9.17) is 11.6 Å². The van der Waals surface area contributed by atoms with E-state index in [-0.39, 0.29) is 6.04 Å². The number of nitrogens with zero attached hydrogens (tertiary/aromatic N) is 2. The molecule has 0 aromatic carbocycles. The van der Waals surface area contributed by atoms with Crippen molar-refractivity contribution in [3.63, 3.8) is 0 Å². The number of alkyl halides is 1. The van der Waals surface area contributed by atoms with Gasteiger partial charge in [0, 0.05) is 33.1 Å². The van der Waals surface area contributed by atoms with Crippen molar-refractivity contribution in [3.05, 3.63) is 0 Å². The molecule has 0 rings (SSSR count). The van der Waals surface area contributed by atoms with Crippen molar-refractivity contribution in [3.8, 4) is 0 Å². The van der Waals surface area contributed by atoms with E-state index in [0.717, 1.165) is 4.31 Å². The molecule has 0 N–H and O–H groups in total. The third kappa shape index (κ3) is 2.58. The third-order valence-electron chi connectivity index (χ3n) is 1.67. The third-order valence-corrected chi connectivity index (χ3v) is 4.13. The van der Waals surface area contributed by atoms with E-state index in [1.54, 1.807) is 6.92 Å². The standard InChI is InChI=1S/C6H15ClN2O2S/c1-6(5-7)9(4)12(10,11)8(2)3/h6H,5H2,1-4H3. The molecule has 0 aliphatic carbocycles. The highest BCUT2D eigenvalue weighted by Gasteiger charge is 2.24. The van der Waals surface area contributed by atoms with Crippen molar-refractivity contribution in [2.45, 2.75) is 13.0 Å². The molecule has 74 valence electrons. The van der Waals surface area contributed by atoms with Crippen LogP contribution in [0.25, 0.3) is 0 Å². The Balaban J connectivity index is 4.58. The fourth-order valence-electron chi connectivity index (χ4n) is 0.582. The van der Waals surface area contributed by atoms with Gasteiger partial charge >= 0.3 is 0 Å². The monoisotopic (exact) mass is 214 g/mol. The first-order valence-corrected chi connectivity index (χ1v) is 5.48. The first-order chi connectivity index (χ1) is 5.34. The summed E-state index contributed by atoms with van der Waals surface area (Å²) >= 11 is 5.53. The van der Waals surface area contributed by atoms with Crippen LogP contribution in [0, 0.1) is 0 Å². The lowest BCUT2D eigenvalue weighted by molar-refractivity contribution is 0.376. The lowest BCUT2D eigenvalue weighted by Gasteiger charge is -2.25. The maximum absolute atomic E-state index is 11.4. The van der Waals surface area contributed by atoms with Crippen molar-refractivity contribution < 1.29 is 8.42 Å². The predicted molar refractivity (Wildman–Crippen MR) is 50.6 cm³/mol. The van der Waals surface area contributed by atoms with Crippen LogP contribution in [0.1, 0.15) is 6.92 Å². The fraction of sp³-hybridized carbons (Fsp3) is 1.00. The van der Waals surface area contributed by atoms with Crippen LogP contribution in [0.4, 0.5) is 0 Å². The zero-order valence-corrected chi connectivity index (χ0v) is 9.35. The van der Waals surface area contributed by atoms with Gasteiger partial charge in [-0.3, -0.25) is 0 Å². The van der Waals surface area contributed by atoms with Crippen molar-refractivity contribution >= 4 is 21.8 Å². The van der Waals surface area contributed by atoms with Crippen molar-refractivity contribution in [2.75, 3.05) is 27.0 Å². The summed E-state index contributed by atoms with van der Waals surface area (Å²) in [6, 6.07) is -0.181. The molecule has 1 unspecified atom stereocenters. The Hall–Kier alpha value is 0.160. The Labute approximate surface area is 79.3 Å². The average molecular weight is 215 g/mol. The maximum atomic E-state index is 11.4. The molecule has 0 amide bonds. The van der Waals surface area contributed by atoms with Crippen molar-refractivity contribution in [2.24, 2.45) is 0 Å². The Morgan fingerprint density at radius 1 is 1.33 bits per heavy atom. The Bertz CT molecular complexity index is 228. The Kier molecular flexibility index (Phi) is 4.47. The van der Waals surface area contributed by atoms with Gasteiger partial charge in [0.1, 0.15) is 0 Å². The van der Waals surface area contributed by atoms with Gasteiger partial charge in [0.2, 0.25) is 0 Å². The molecule has 0 radical (unpaired) electrons. The molecule has 12 heavy (non-hydrogen) atoms. The summed E-state index contributed by atoms with van der Waals surface area (Å²) in [5.74, 6) is 0.295. The van der Waals surface area contributed by atoms with Gasteiger partial charge in [0.15, 0.2) is 0 Å². The van der Waals surface area contributed by atoms with Gasteiger partial charge < -0.3 is 0 Å². The molecule has 0 fully saturated rings. The van der Waals surface area contributed by atoms with Gasteiger partial charge in [0.25, 0.3) is 10.2 Å². The molecule has 0 spiro atoms. The molecule has 0 heterocycles. The minimum atomic E-state index is -3.31. The highest BCUT2D eigenvalue weighted by molar-refractivity contribution is 7.86. The second-order valence-electron chi connectivity index (χ2n) is 2.81. The quantitative estimate of drug-likeness (QED) is 0.634. The lowest BCUT2D eigenvalue weighted by Crippen LogP contribution is -2.43. The highest BCUT2D eigenvalue weighted by Crippen LogP contribution is 2.07. The normalized spacial score (nSPS) is 15.6. The summed E-state index contributed by atoms with van der Waals surface area (Å²) in [5.41, 5.74) is 0. The van der Waals surface area contributed by atoms with E-state index in [2.05, 4.69) is 0 Å². The van der Waals surface area contributed by atoms with Crippen LogP contribution in [-0.2, 0) is 10.2 Å². The summed E-state index contributed by atoms with van der Waals surface area (Å²) in [4.78, 5) is 0. The lowest BCUT2D eigenvalue weighted by atomic mass is 10.4. The summed E-state index contributed by atoms with van der Waals surface area (Å²) in [6.07, 6.45) is 0. The topological polar surface area (TPSA) is 40.6 Å². The van der Waals surface area contributed by atoms with Crippen LogP contribution in [0.15, 0.2) is 0 Å². The van der Waals surface area contributed by atoms with E-state index >= 15 is 0 Å². The van der Waals surface area contributed by atoms with Gasteiger partial charge in [-0.05, 0) is 6.92 Å². The van der Waals surface area contributed by atoms with Gasteiger partial charge in [-0.2, -0.15) is 17.0 Å². The highest BCUT2D eigenvalue weighted by atomic mass is 35.5. The average Bonchev–Trinajstić information content (AvgIpc) is 2.01. The smallest absolute Gasteiger partial charge is 0.195 e. The maximum Gasteiger partial charge on any atom is 0.281 e. The molecule has 6 heteroatoms. The molecule has 1 atom stereocenters. The number of halogens is 1. The van der Waals surface area contributed by atoms with Gasteiger partial charge in [0.05, 0.1) is 0 Å². The largest absolute Gasteiger partial charge is 0.281 e. The molecule has 4 nitrogen and oxygen atoms in total. The van der Waals surface area contributed by atoms with Crippen LogP contribution < -0.4 is 0 Å². The van der Waals surface area contributed by atoms with Crippen LogP contribution in [-0.4, -0.2) is 50.1 Å². The zero-order chi connectivity index (χ0) is 9.94. The first-order valence-electron chi connectivity index (χ1n) is 3.55. The molecule has 0 aliphatic rings. The molecular weight excluding hydrogens is 200 g/mol. The number of hydrogen-bond donors (Lipinski definition) is 0. The van der Waals surface area contributed by atoms with Crippen LogP contribution >= 0.6 is 11.6 Å². The summed E-state index contributed by atoms with van der Waals surface area (Å²) in [7, 11) is 1.20. The molecule has 0 saturated carbocycles. The van der Waals surface area contributed by atoms with Gasteiger partial charge in [-0.25, -0.2) is 0 Å². The van der Waals surface area contributed by atoms with E-state index in [9.17, 15) is 8.42 Å². The molecule has 0 aromatic rings. The van der Waals surface area contributed by atoms with E-state index < -0.39 is 10.2 Å². The van der Waals surface area contributed by atoms with Crippen LogP contribution in [0.5, 0.6) is 0 Å². The second kappa shape index (κ2) is 4.41. The summed E-state index contributed by atoms with van der Waals surface area (Å²) < 4.78 is 25.3. The Morgan fingerprint density at radius 3 is 2.00 bits per heavy atom. The van der Waals surface area contributed by atoms with E-state index in [0.29, 0.717) is 5.88 Å². The van der Waals surface area contributed by atoms with E-state index in [1.807, 2.05) is 0 Å². The first kappa shape index (κ1) is 12.2. The molecule has 0 aromatic heterocycles. The molecule has 0 bridgehead atoms. The second-order valence-corrected chi connectivity index (χ2v) is 5.32. The minimum Gasteiger partial charge on any atom is -0.195 e. The summed E-state index contributed by atoms with van der Waals surface area (Å²) in [6.45, 7) is 1.76. The van der Waals surface area contributed by atoms with Gasteiger partial charge in [-0.15, -0.1) is 11.6 Å². The van der Waals surface area contributed by atoms with Gasteiger partial charge in [-0.1, -0.05) is 0 Å².